The Hall–Kier alpha value is -3.55. The Morgan fingerprint density at radius 1 is 0.789 bits per heavy atom. The zero-order chi connectivity index (χ0) is 26.5. The van der Waals surface area contributed by atoms with E-state index in [0.717, 1.165) is 53.0 Å². The Balaban J connectivity index is 1.40. The lowest BCUT2D eigenvalue weighted by Crippen LogP contribution is -2.33. The average Bonchev–Trinajstić information content (AvgIpc) is 2.94. The smallest absolute Gasteiger partial charge is 0.175 e. The van der Waals surface area contributed by atoms with Crippen molar-refractivity contribution in [1.82, 2.24) is 4.90 Å². The van der Waals surface area contributed by atoms with Gasteiger partial charge in [0, 0.05) is 23.8 Å². The quantitative estimate of drug-likeness (QED) is 0.243. The third-order valence-corrected chi connectivity index (χ3v) is 8.07. The standard InChI is InChI=1S/C31H33NO5S/c1-35-27-13-17-30-24(22-27)8-16-29(23-6-14-28(15-7-23)38(2,33)34)31(30)37-26-11-9-25(10-12-26)36-21-20-32-18-4-3-5-19-32/h6-17,22H,3-5,18-21H2,1-2H3. The first-order valence-corrected chi connectivity index (χ1v) is 14.8. The monoisotopic (exact) mass is 531 g/mol. The Morgan fingerprint density at radius 3 is 2.16 bits per heavy atom. The highest BCUT2D eigenvalue weighted by Gasteiger charge is 2.15. The summed E-state index contributed by atoms with van der Waals surface area (Å²) >= 11 is 0. The van der Waals surface area contributed by atoms with Gasteiger partial charge in [-0.15, -0.1) is 0 Å². The molecule has 0 radical (unpaired) electrons. The number of nitrogens with zero attached hydrogens (tertiary/aromatic N) is 1. The van der Waals surface area contributed by atoms with Crippen molar-refractivity contribution in [2.75, 3.05) is 39.6 Å². The van der Waals surface area contributed by atoms with Crippen LogP contribution in [0.3, 0.4) is 0 Å². The summed E-state index contributed by atoms with van der Waals surface area (Å²) < 4.78 is 41.8. The molecule has 6 nitrogen and oxygen atoms in total. The molecule has 0 aliphatic carbocycles. The minimum absolute atomic E-state index is 0.283. The maximum atomic E-state index is 11.9. The lowest BCUT2D eigenvalue weighted by molar-refractivity contribution is 0.183. The topological polar surface area (TPSA) is 65.1 Å². The van der Waals surface area contributed by atoms with Crippen LogP contribution in [0.25, 0.3) is 21.9 Å². The minimum atomic E-state index is -3.28. The number of methoxy groups -OCH3 is 1. The minimum Gasteiger partial charge on any atom is -0.497 e. The van der Waals surface area contributed by atoms with Crippen LogP contribution in [0.4, 0.5) is 0 Å². The fourth-order valence-corrected chi connectivity index (χ4v) is 5.45. The number of piperidine rings is 1. The highest BCUT2D eigenvalue weighted by atomic mass is 32.2. The van der Waals surface area contributed by atoms with Crippen molar-refractivity contribution in [1.29, 1.82) is 0 Å². The van der Waals surface area contributed by atoms with Crippen molar-refractivity contribution in [2.24, 2.45) is 0 Å². The third-order valence-electron chi connectivity index (χ3n) is 6.94. The van der Waals surface area contributed by atoms with E-state index in [9.17, 15) is 8.42 Å². The molecule has 0 amide bonds. The van der Waals surface area contributed by atoms with E-state index in [4.69, 9.17) is 14.2 Å². The van der Waals surface area contributed by atoms with Gasteiger partial charge < -0.3 is 14.2 Å². The molecule has 1 saturated heterocycles. The van der Waals surface area contributed by atoms with Crippen LogP contribution in [0.15, 0.2) is 83.8 Å². The predicted octanol–water partition coefficient (Wildman–Crippen LogP) is 6.58. The summed E-state index contributed by atoms with van der Waals surface area (Å²) in [5, 5.41) is 1.91. The number of benzene rings is 4. The van der Waals surface area contributed by atoms with Crippen molar-refractivity contribution >= 4 is 20.6 Å². The summed E-state index contributed by atoms with van der Waals surface area (Å²) in [6.07, 6.45) is 5.09. The van der Waals surface area contributed by atoms with Crippen molar-refractivity contribution in [3.05, 3.63) is 78.9 Å². The number of sulfone groups is 1. The number of fused-ring (bicyclic) bond motifs is 1. The molecule has 0 N–H and O–H groups in total. The van der Waals surface area contributed by atoms with Crippen molar-refractivity contribution in [3.63, 3.8) is 0 Å². The van der Waals surface area contributed by atoms with Crippen LogP contribution in [0.2, 0.25) is 0 Å². The van der Waals surface area contributed by atoms with Gasteiger partial charge in [-0.2, -0.15) is 0 Å². The number of rotatable bonds is 9. The van der Waals surface area contributed by atoms with Gasteiger partial charge in [0.15, 0.2) is 9.84 Å². The molecule has 4 aromatic rings. The fourth-order valence-electron chi connectivity index (χ4n) is 4.82. The predicted molar refractivity (Wildman–Crippen MR) is 151 cm³/mol. The van der Waals surface area contributed by atoms with Crippen LogP contribution in [-0.2, 0) is 9.84 Å². The molecule has 1 aliphatic heterocycles. The first-order valence-electron chi connectivity index (χ1n) is 12.9. The molecule has 0 aromatic heterocycles. The van der Waals surface area contributed by atoms with E-state index in [1.54, 1.807) is 19.2 Å². The van der Waals surface area contributed by atoms with E-state index < -0.39 is 9.84 Å². The molecule has 1 fully saturated rings. The van der Waals surface area contributed by atoms with Crippen LogP contribution in [0.1, 0.15) is 19.3 Å². The Labute approximate surface area is 224 Å². The lowest BCUT2D eigenvalue weighted by atomic mass is 9.99. The SMILES string of the molecule is COc1ccc2c(Oc3ccc(OCCN4CCCCC4)cc3)c(-c3ccc(S(C)(=O)=O)cc3)ccc2c1. The van der Waals surface area contributed by atoms with Crippen molar-refractivity contribution in [2.45, 2.75) is 24.2 Å². The molecule has 1 heterocycles. The summed E-state index contributed by atoms with van der Waals surface area (Å²) in [4.78, 5) is 2.74. The number of ether oxygens (including phenoxy) is 3. The zero-order valence-corrected chi connectivity index (χ0v) is 22.7. The summed E-state index contributed by atoms with van der Waals surface area (Å²) in [6, 6.07) is 24.4. The molecule has 0 unspecified atom stereocenters. The number of likely N-dealkylation sites (tertiary alicyclic amines) is 1. The van der Waals surface area contributed by atoms with Gasteiger partial charge in [-0.05, 0) is 97.5 Å². The molecule has 1 aliphatic rings. The van der Waals surface area contributed by atoms with E-state index in [1.165, 1.54) is 25.5 Å². The van der Waals surface area contributed by atoms with E-state index in [1.807, 2.05) is 66.7 Å². The summed E-state index contributed by atoms with van der Waals surface area (Å²) in [5.41, 5.74) is 1.73. The van der Waals surface area contributed by atoms with Crippen molar-refractivity contribution in [3.8, 4) is 34.1 Å². The van der Waals surface area contributed by atoms with E-state index >= 15 is 0 Å². The fraction of sp³-hybridized carbons (Fsp3) is 0.290. The molecule has 38 heavy (non-hydrogen) atoms. The van der Waals surface area contributed by atoms with Crippen LogP contribution >= 0.6 is 0 Å². The molecular formula is C31H33NO5S. The van der Waals surface area contributed by atoms with E-state index in [-0.39, 0.29) is 4.90 Å². The Bertz CT molecular complexity index is 1490. The Morgan fingerprint density at radius 2 is 1.47 bits per heavy atom. The van der Waals surface area contributed by atoms with Gasteiger partial charge in [-0.1, -0.05) is 24.6 Å². The average molecular weight is 532 g/mol. The second-order valence-corrected chi connectivity index (χ2v) is 11.7. The lowest BCUT2D eigenvalue weighted by Gasteiger charge is -2.26. The molecule has 0 bridgehead atoms. The maximum absolute atomic E-state index is 11.9. The molecular weight excluding hydrogens is 498 g/mol. The maximum Gasteiger partial charge on any atom is 0.175 e. The molecule has 0 atom stereocenters. The van der Waals surface area contributed by atoms with Crippen LogP contribution < -0.4 is 14.2 Å². The summed E-state index contributed by atoms with van der Waals surface area (Å²) in [7, 11) is -1.63. The van der Waals surface area contributed by atoms with Crippen LogP contribution in [0.5, 0.6) is 23.0 Å². The van der Waals surface area contributed by atoms with Gasteiger partial charge in [0.25, 0.3) is 0 Å². The first-order chi connectivity index (χ1) is 18.4. The van der Waals surface area contributed by atoms with E-state index in [2.05, 4.69) is 4.90 Å². The Kier molecular flexibility index (Phi) is 7.86. The van der Waals surface area contributed by atoms with Gasteiger partial charge in [0.05, 0.1) is 12.0 Å². The molecule has 5 rings (SSSR count). The molecule has 198 valence electrons. The van der Waals surface area contributed by atoms with Gasteiger partial charge in [0.2, 0.25) is 0 Å². The van der Waals surface area contributed by atoms with Crippen molar-refractivity contribution < 1.29 is 22.6 Å². The van der Waals surface area contributed by atoms with E-state index in [0.29, 0.717) is 18.1 Å². The molecule has 7 heteroatoms. The summed E-state index contributed by atoms with van der Waals surface area (Å²) in [5.74, 6) is 2.95. The number of hydrogen-bond acceptors (Lipinski definition) is 6. The van der Waals surface area contributed by atoms with Gasteiger partial charge in [-0.3, -0.25) is 4.90 Å². The zero-order valence-electron chi connectivity index (χ0n) is 21.9. The third kappa shape index (κ3) is 6.11. The van der Waals surface area contributed by atoms with Crippen LogP contribution in [-0.4, -0.2) is 52.9 Å². The number of hydrogen-bond donors (Lipinski definition) is 0. The second kappa shape index (κ2) is 11.5. The first kappa shape index (κ1) is 26.1. The summed E-state index contributed by atoms with van der Waals surface area (Å²) in [6.45, 7) is 3.93. The largest absolute Gasteiger partial charge is 0.497 e. The van der Waals surface area contributed by atoms with Crippen LogP contribution in [0, 0.1) is 0 Å². The molecule has 4 aromatic carbocycles. The molecule has 0 saturated carbocycles. The van der Waals surface area contributed by atoms with Gasteiger partial charge >= 0.3 is 0 Å². The van der Waals surface area contributed by atoms with Gasteiger partial charge in [-0.25, -0.2) is 8.42 Å². The normalized spacial score (nSPS) is 14.4. The molecule has 0 spiro atoms. The highest BCUT2D eigenvalue weighted by Crippen LogP contribution is 2.41. The highest BCUT2D eigenvalue weighted by molar-refractivity contribution is 7.90. The van der Waals surface area contributed by atoms with Gasteiger partial charge in [0.1, 0.15) is 29.6 Å². The second-order valence-electron chi connectivity index (χ2n) is 9.65.